The van der Waals surface area contributed by atoms with Gasteiger partial charge in [-0.1, -0.05) is 18.1 Å². The number of hydrogen-bond donors (Lipinski definition) is 2. The van der Waals surface area contributed by atoms with Crippen molar-refractivity contribution in [1.29, 1.82) is 15.9 Å². The number of nitriles is 2. The molecule has 4 aliphatic rings. The number of aliphatic hydroxyl groups is 1. The van der Waals surface area contributed by atoms with Crippen LogP contribution in [0.25, 0.3) is 0 Å². The topological polar surface area (TPSA) is 94.9 Å². The highest BCUT2D eigenvalue weighted by molar-refractivity contribution is 5.97. The first kappa shape index (κ1) is 11.5. The van der Waals surface area contributed by atoms with Crippen LogP contribution >= 0.6 is 0 Å². The lowest BCUT2D eigenvalue weighted by Gasteiger charge is -2.34. The van der Waals surface area contributed by atoms with Gasteiger partial charge >= 0.3 is 0 Å². The lowest BCUT2D eigenvalue weighted by molar-refractivity contribution is 0.188. The molecular formula is C15H14N4O. The van der Waals surface area contributed by atoms with E-state index in [4.69, 9.17) is 5.41 Å². The van der Waals surface area contributed by atoms with Crippen molar-refractivity contribution in [2.75, 3.05) is 0 Å². The van der Waals surface area contributed by atoms with Gasteiger partial charge in [-0.15, -0.1) is 0 Å². The molecule has 0 amide bonds. The SMILES string of the molecule is N#CC1=C(O)N2C(=N)[C@@]1(C#N)C/C=C1\[C@H]3[C@@H]1CCC[C@H]32. The number of allylic oxidation sites excluding steroid dienone is 1. The molecule has 4 atom stereocenters. The van der Waals surface area contributed by atoms with Gasteiger partial charge in [0.2, 0.25) is 5.88 Å². The Morgan fingerprint density at radius 1 is 1.40 bits per heavy atom. The van der Waals surface area contributed by atoms with Crippen molar-refractivity contribution >= 4 is 5.84 Å². The lowest BCUT2D eigenvalue weighted by atomic mass is 9.79. The summed E-state index contributed by atoms with van der Waals surface area (Å²) in [4.78, 5) is 1.57. The number of nitrogens with zero attached hydrogens (tertiary/aromatic N) is 3. The Bertz CT molecular complexity index is 677. The molecule has 2 heterocycles. The van der Waals surface area contributed by atoms with Crippen LogP contribution in [-0.2, 0) is 0 Å². The zero-order valence-electron chi connectivity index (χ0n) is 10.9. The van der Waals surface area contributed by atoms with Crippen LogP contribution in [0.15, 0.2) is 23.1 Å². The molecule has 0 saturated heterocycles. The highest BCUT2D eigenvalue weighted by Gasteiger charge is 2.61. The van der Waals surface area contributed by atoms with Gasteiger partial charge in [0.25, 0.3) is 0 Å². The molecule has 0 aromatic rings. The molecule has 0 unspecified atom stereocenters. The van der Waals surface area contributed by atoms with E-state index in [-0.39, 0.29) is 23.3 Å². The van der Waals surface area contributed by atoms with Gasteiger partial charge in [0.05, 0.1) is 6.07 Å². The fourth-order valence-corrected chi connectivity index (χ4v) is 4.34. The second-order valence-corrected chi connectivity index (χ2v) is 6.08. The summed E-state index contributed by atoms with van der Waals surface area (Å²) in [5.41, 5.74) is 0.133. The molecule has 5 heteroatoms. The summed E-state index contributed by atoms with van der Waals surface area (Å²) in [6.45, 7) is 0. The summed E-state index contributed by atoms with van der Waals surface area (Å²) in [5.74, 6) is 0.893. The van der Waals surface area contributed by atoms with Crippen LogP contribution in [0.5, 0.6) is 0 Å². The second kappa shape index (κ2) is 3.43. The number of amidine groups is 1. The van der Waals surface area contributed by atoms with E-state index >= 15 is 0 Å². The maximum atomic E-state index is 10.4. The molecule has 2 fully saturated rings. The Balaban J connectivity index is 1.93. The summed E-state index contributed by atoms with van der Waals surface area (Å²) in [6, 6.07) is 4.13. The van der Waals surface area contributed by atoms with Crippen LogP contribution in [0.2, 0.25) is 0 Å². The number of aliphatic hydroxyl groups excluding tert-OH is 1. The summed E-state index contributed by atoms with van der Waals surface area (Å²) in [5, 5.41) is 37.7. The summed E-state index contributed by atoms with van der Waals surface area (Å²) < 4.78 is 0. The van der Waals surface area contributed by atoms with Crippen LogP contribution < -0.4 is 0 Å². The minimum Gasteiger partial charge on any atom is -0.494 e. The first-order valence-electron chi connectivity index (χ1n) is 6.99. The van der Waals surface area contributed by atoms with Crippen molar-refractivity contribution < 1.29 is 5.11 Å². The smallest absolute Gasteiger partial charge is 0.208 e. The number of hydrogen-bond acceptors (Lipinski definition) is 4. The van der Waals surface area contributed by atoms with E-state index in [1.807, 2.05) is 6.07 Å². The summed E-state index contributed by atoms with van der Waals surface area (Å²) in [7, 11) is 0. The fraction of sp³-hybridized carbons (Fsp3) is 0.533. The summed E-state index contributed by atoms with van der Waals surface area (Å²) in [6.07, 6.45) is 5.54. The Labute approximate surface area is 116 Å². The quantitative estimate of drug-likeness (QED) is 0.657. The van der Waals surface area contributed by atoms with E-state index in [0.29, 0.717) is 18.3 Å². The van der Waals surface area contributed by atoms with Gasteiger partial charge in [0.15, 0.2) is 5.41 Å². The van der Waals surface area contributed by atoms with E-state index in [2.05, 4.69) is 12.1 Å². The van der Waals surface area contributed by atoms with Crippen LogP contribution in [0, 0.1) is 45.3 Å². The second-order valence-electron chi connectivity index (χ2n) is 6.08. The summed E-state index contributed by atoms with van der Waals surface area (Å²) >= 11 is 0. The molecule has 0 aromatic carbocycles. The van der Waals surface area contributed by atoms with Gasteiger partial charge < -0.3 is 5.11 Å². The Hall–Kier alpha value is -2.27. The first-order chi connectivity index (χ1) is 9.65. The molecule has 0 aromatic heterocycles. The van der Waals surface area contributed by atoms with Gasteiger partial charge in [0.1, 0.15) is 17.5 Å². The largest absolute Gasteiger partial charge is 0.494 e. The zero-order chi connectivity index (χ0) is 14.1. The van der Waals surface area contributed by atoms with Crippen molar-refractivity contribution in [3.8, 4) is 12.1 Å². The van der Waals surface area contributed by atoms with E-state index in [1.54, 1.807) is 4.90 Å². The molecule has 2 N–H and O–H groups in total. The van der Waals surface area contributed by atoms with Crippen molar-refractivity contribution in [2.45, 2.75) is 31.7 Å². The molecule has 2 aliphatic carbocycles. The maximum absolute atomic E-state index is 10.4. The van der Waals surface area contributed by atoms with E-state index < -0.39 is 5.41 Å². The molecule has 0 spiro atoms. The molecule has 2 bridgehead atoms. The molecule has 5 nitrogen and oxygen atoms in total. The van der Waals surface area contributed by atoms with E-state index in [1.165, 1.54) is 12.0 Å². The molecule has 0 radical (unpaired) electrons. The van der Waals surface area contributed by atoms with Gasteiger partial charge in [-0.2, -0.15) is 10.5 Å². The normalized spacial score (nSPS) is 43.7. The van der Waals surface area contributed by atoms with Crippen molar-refractivity contribution in [3.05, 3.63) is 23.1 Å². The first-order valence-corrected chi connectivity index (χ1v) is 6.99. The third kappa shape index (κ3) is 1.06. The zero-order valence-corrected chi connectivity index (χ0v) is 10.9. The average molecular weight is 266 g/mol. The van der Waals surface area contributed by atoms with Crippen molar-refractivity contribution in [1.82, 2.24) is 4.90 Å². The predicted molar refractivity (Wildman–Crippen MR) is 70.2 cm³/mol. The Morgan fingerprint density at radius 3 is 2.90 bits per heavy atom. The monoisotopic (exact) mass is 266 g/mol. The minimum absolute atomic E-state index is 0.0465. The van der Waals surface area contributed by atoms with E-state index in [0.717, 1.165) is 12.8 Å². The van der Waals surface area contributed by atoms with Crippen molar-refractivity contribution in [2.24, 2.45) is 17.3 Å². The number of nitrogens with one attached hydrogen (secondary N) is 1. The van der Waals surface area contributed by atoms with Crippen LogP contribution in [0.4, 0.5) is 0 Å². The van der Waals surface area contributed by atoms with Gasteiger partial charge in [-0.3, -0.25) is 10.3 Å². The average Bonchev–Trinajstić information content (AvgIpc) is 3.10. The van der Waals surface area contributed by atoms with Gasteiger partial charge in [-0.25, -0.2) is 0 Å². The van der Waals surface area contributed by atoms with Gasteiger partial charge in [-0.05, 0) is 25.2 Å². The molecule has 4 rings (SSSR count). The van der Waals surface area contributed by atoms with Crippen LogP contribution in [0.1, 0.15) is 25.7 Å². The maximum Gasteiger partial charge on any atom is 0.208 e. The number of rotatable bonds is 0. The molecule has 100 valence electrons. The van der Waals surface area contributed by atoms with Crippen LogP contribution in [-0.4, -0.2) is 21.9 Å². The van der Waals surface area contributed by atoms with Gasteiger partial charge in [0, 0.05) is 12.0 Å². The fourth-order valence-electron chi connectivity index (χ4n) is 4.34. The molecule has 2 aliphatic heterocycles. The Morgan fingerprint density at radius 2 is 2.20 bits per heavy atom. The highest BCUT2D eigenvalue weighted by Crippen LogP contribution is 2.60. The third-order valence-corrected chi connectivity index (χ3v) is 5.37. The van der Waals surface area contributed by atoms with Crippen molar-refractivity contribution in [3.63, 3.8) is 0 Å². The number of fused-ring (bicyclic) bond motifs is 4. The minimum atomic E-state index is -1.29. The Kier molecular flexibility index (Phi) is 1.98. The predicted octanol–water partition coefficient (Wildman–Crippen LogP) is 2.21. The molecule has 2 saturated carbocycles. The molecular weight excluding hydrogens is 252 g/mol. The lowest BCUT2D eigenvalue weighted by Crippen LogP contribution is -2.44. The standard InChI is InChI=1S/C15H14N4O/c16-6-10-13(20)19-11-3-1-2-8-9(12(8)11)4-5-15(10,7-17)14(19)18/h4,8,11-12,18,20H,1-3,5H2/b9-4-,18-14?/t8-,11-,12-,15-/m1/s1. The van der Waals surface area contributed by atoms with Crippen LogP contribution in [0.3, 0.4) is 0 Å². The third-order valence-electron chi connectivity index (χ3n) is 5.37. The highest BCUT2D eigenvalue weighted by atomic mass is 16.3. The molecule has 20 heavy (non-hydrogen) atoms. The van der Waals surface area contributed by atoms with E-state index in [9.17, 15) is 15.6 Å².